The molecule has 0 saturated heterocycles. The molecule has 1 aliphatic heterocycles. The zero-order chi connectivity index (χ0) is 22.9. The van der Waals surface area contributed by atoms with E-state index in [0.717, 1.165) is 23.9 Å². The van der Waals surface area contributed by atoms with Gasteiger partial charge >= 0.3 is 5.92 Å². The first-order valence-corrected chi connectivity index (χ1v) is 9.71. The molecule has 2 aromatic heterocycles. The maximum Gasteiger partial charge on any atom is 0.322 e. The second-order valence-corrected chi connectivity index (χ2v) is 7.49. The molecule has 0 aliphatic carbocycles. The Morgan fingerprint density at radius 2 is 1.97 bits per heavy atom. The van der Waals surface area contributed by atoms with Gasteiger partial charge in [0.15, 0.2) is 5.60 Å². The molecule has 166 valence electrons. The van der Waals surface area contributed by atoms with Gasteiger partial charge in [-0.1, -0.05) is 12.1 Å². The second-order valence-electron chi connectivity index (χ2n) is 7.49. The monoisotopic (exact) mass is 445 g/mol. The number of H-pyrrole nitrogens is 1. The molecule has 3 heterocycles. The predicted octanol–water partition coefficient (Wildman–Crippen LogP) is 4.40. The molecule has 0 saturated carbocycles. The van der Waals surface area contributed by atoms with Gasteiger partial charge in [0.1, 0.15) is 17.3 Å². The number of aliphatic hydroxyl groups is 1. The number of rotatable bonds is 6. The zero-order valence-corrected chi connectivity index (χ0v) is 16.9. The van der Waals surface area contributed by atoms with Crippen molar-refractivity contribution in [3.05, 3.63) is 89.7 Å². The van der Waals surface area contributed by atoms with Crippen LogP contribution in [0.4, 0.5) is 23.2 Å². The van der Waals surface area contributed by atoms with E-state index in [1.54, 1.807) is 6.20 Å². The standard InChI is InChI=1S/C22H19F4N5O/c1-14-3-2-10-31(30-14)17-5-7-20(27-13-17)22(25,26)21(32,12-16-8-9-28-29-16)18-6-4-15(23)11-19(18)24/h2,4-11,13,32H,3,12H2,1H3,(H,28,29). The Bertz CT molecular complexity index is 1160. The number of anilines is 1. The van der Waals surface area contributed by atoms with Crippen LogP contribution < -0.4 is 5.01 Å². The number of pyridine rings is 1. The van der Waals surface area contributed by atoms with Gasteiger partial charge in [-0.05, 0) is 31.2 Å². The molecule has 2 N–H and O–H groups in total. The van der Waals surface area contributed by atoms with Gasteiger partial charge in [-0.2, -0.15) is 19.0 Å². The maximum atomic E-state index is 15.7. The topological polar surface area (TPSA) is 77.4 Å². The summed E-state index contributed by atoms with van der Waals surface area (Å²) in [5, 5.41) is 23.2. The number of hydrogen-bond donors (Lipinski definition) is 2. The first kappa shape index (κ1) is 21.7. The second kappa shape index (κ2) is 8.19. The lowest BCUT2D eigenvalue weighted by Crippen LogP contribution is -2.46. The van der Waals surface area contributed by atoms with E-state index in [9.17, 15) is 13.9 Å². The molecule has 0 amide bonds. The van der Waals surface area contributed by atoms with Crippen molar-refractivity contribution in [2.24, 2.45) is 5.10 Å². The number of hydrogen-bond acceptors (Lipinski definition) is 5. The summed E-state index contributed by atoms with van der Waals surface area (Å²) in [7, 11) is 0. The number of allylic oxidation sites excluding steroid dienone is 1. The lowest BCUT2D eigenvalue weighted by atomic mass is 9.81. The van der Waals surface area contributed by atoms with Crippen molar-refractivity contribution in [3.8, 4) is 0 Å². The third kappa shape index (κ3) is 3.89. The van der Waals surface area contributed by atoms with Crippen LogP contribution in [0.25, 0.3) is 0 Å². The highest BCUT2D eigenvalue weighted by molar-refractivity contribution is 5.85. The van der Waals surface area contributed by atoms with Crippen LogP contribution in [0.2, 0.25) is 0 Å². The van der Waals surface area contributed by atoms with E-state index in [1.165, 1.54) is 29.5 Å². The van der Waals surface area contributed by atoms with Gasteiger partial charge in [0, 0.05) is 48.3 Å². The van der Waals surface area contributed by atoms with Crippen molar-refractivity contribution >= 4 is 11.4 Å². The Hall–Kier alpha value is -3.53. The van der Waals surface area contributed by atoms with Crippen molar-refractivity contribution in [2.45, 2.75) is 31.3 Å². The molecule has 6 nitrogen and oxygen atoms in total. The Kier molecular flexibility index (Phi) is 5.55. The number of alkyl halides is 2. The minimum atomic E-state index is -4.05. The largest absolute Gasteiger partial charge is 0.378 e. The molecule has 0 fully saturated rings. The molecule has 1 unspecified atom stereocenters. The van der Waals surface area contributed by atoms with Crippen molar-refractivity contribution in [1.82, 2.24) is 15.2 Å². The number of halogens is 4. The SMILES string of the molecule is CC1=NN(c2ccc(C(F)(F)C(O)(Cc3ccn[nH]3)c3ccc(F)cc3F)nc2)C=CC1. The lowest BCUT2D eigenvalue weighted by Gasteiger charge is -2.36. The normalized spacial score (nSPS) is 16.1. The van der Waals surface area contributed by atoms with Crippen molar-refractivity contribution in [2.75, 3.05) is 5.01 Å². The molecular weight excluding hydrogens is 426 g/mol. The van der Waals surface area contributed by atoms with Crippen molar-refractivity contribution in [1.29, 1.82) is 0 Å². The zero-order valence-electron chi connectivity index (χ0n) is 16.9. The number of hydrazone groups is 1. The first-order chi connectivity index (χ1) is 15.2. The molecule has 0 bridgehead atoms. The molecular formula is C22H19F4N5O. The number of nitrogens with zero attached hydrogens (tertiary/aromatic N) is 4. The Labute approximate surface area is 180 Å². The summed E-state index contributed by atoms with van der Waals surface area (Å²) in [4.78, 5) is 3.84. The molecule has 3 aromatic rings. The summed E-state index contributed by atoms with van der Waals surface area (Å²) in [5.74, 6) is -6.30. The van der Waals surface area contributed by atoms with Gasteiger partial charge in [0.05, 0.1) is 11.9 Å². The van der Waals surface area contributed by atoms with Crippen LogP contribution in [0.3, 0.4) is 0 Å². The minimum absolute atomic E-state index is 0.135. The van der Waals surface area contributed by atoms with E-state index in [4.69, 9.17) is 0 Å². The smallest absolute Gasteiger partial charge is 0.322 e. The highest BCUT2D eigenvalue weighted by Crippen LogP contribution is 2.47. The maximum absolute atomic E-state index is 15.7. The van der Waals surface area contributed by atoms with E-state index in [1.807, 2.05) is 13.0 Å². The lowest BCUT2D eigenvalue weighted by molar-refractivity contribution is -0.199. The average Bonchev–Trinajstić information content (AvgIpc) is 3.26. The quantitative estimate of drug-likeness (QED) is 0.552. The molecule has 0 spiro atoms. The van der Waals surface area contributed by atoms with Gasteiger partial charge in [-0.25, -0.2) is 13.8 Å². The third-order valence-corrected chi connectivity index (χ3v) is 5.17. The molecule has 4 rings (SSSR count). The number of aromatic nitrogens is 3. The summed E-state index contributed by atoms with van der Waals surface area (Å²) in [6.45, 7) is 1.83. The summed E-state index contributed by atoms with van der Waals surface area (Å²) in [6.07, 6.45) is 6.02. The average molecular weight is 445 g/mol. The van der Waals surface area contributed by atoms with Gasteiger partial charge < -0.3 is 5.11 Å². The molecule has 1 aliphatic rings. The highest BCUT2D eigenvalue weighted by atomic mass is 19.3. The third-order valence-electron chi connectivity index (χ3n) is 5.17. The number of nitrogens with one attached hydrogen (secondary N) is 1. The first-order valence-electron chi connectivity index (χ1n) is 9.71. The van der Waals surface area contributed by atoms with E-state index < -0.39 is 40.8 Å². The minimum Gasteiger partial charge on any atom is -0.378 e. The van der Waals surface area contributed by atoms with E-state index in [2.05, 4.69) is 20.3 Å². The summed E-state index contributed by atoms with van der Waals surface area (Å²) in [6, 6.07) is 5.86. The highest BCUT2D eigenvalue weighted by Gasteiger charge is 2.57. The number of aromatic amines is 1. The molecule has 0 radical (unpaired) electrons. The van der Waals surface area contributed by atoms with Gasteiger partial charge in [0.2, 0.25) is 0 Å². The molecule has 1 aromatic carbocycles. The van der Waals surface area contributed by atoms with Crippen LogP contribution in [-0.2, 0) is 17.9 Å². The van der Waals surface area contributed by atoms with Crippen LogP contribution in [0.1, 0.15) is 30.3 Å². The van der Waals surface area contributed by atoms with Crippen LogP contribution in [0.15, 0.2) is 66.2 Å². The summed E-state index contributed by atoms with van der Waals surface area (Å²) in [5.41, 5.74) is -3.22. The van der Waals surface area contributed by atoms with E-state index >= 15 is 8.78 Å². The fourth-order valence-electron chi connectivity index (χ4n) is 3.50. The van der Waals surface area contributed by atoms with Crippen LogP contribution in [0.5, 0.6) is 0 Å². The fourth-order valence-corrected chi connectivity index (χ4v) is 3.50. The van der Waals surface area contributed by atoms with Gasteiger partial charge in [-0.15, -0.1) is 0 Å². The molecule has 10 heteroatoms. The summed E-state index contributed by atoms with van der Waals surface area (Å²) < 4.78 is 59.5. The Balaban J connectivity index is 1.76. The Morgan fingerprint density at radius 3 is 2.59 bits per heavy atom. The van der Waals surface area contributed by atoms with Crippen LogP contribution in [0, 0.1) is 11.6 Å². The van der Waals surface area contributed by atoms with Crippen molar-refractivity contribution < 1.29 is 22.7 Å². The van der Waals surface area contributed by atoms with Gasteiger partial charge in [0.25, 0.3) is 0 Å². The molecule has 1 atom stereocenters. The molecule has 32 heavy (non-hydrogen) atoms. The number of benzene rings is 1. The van der Waals surface area contributed by atoms with Crippen molar-refractivity contribution in [3.63, 3.8) is 0 Å². The van der Waals surface area contributed by atoms with Crippen LogP contribution in [-0.4, -0.2) is 26.0 Å². The Morgan fingerprint density at radius 1 is 1.16 bits per heavy atom. The summed E-state index contributed by atoms with van der Waals surface area (Å²) >= 11 is 0. The van der Waals surface area contributed by atoms with Gasteiger partial charge in [-0.3, -0.25) is 10.1 Å². The predicted molar refractivity (Wildman–Crippen MR) is 110 cm³/mol. The fraction of sp³-hybridized carbons (Fsp3) is 0.227. The van der Waals surface area contributed by atoms with E-state index in [-0.39, 0.29) is 5.69 Å². The van der Waals surface area contributed by atoms with Crippen LogP contribution >= 0.6 is 0 Å². The van der Waals surface area contributed by atoms with E-state index in [0.29, 0.717) is 18.2 Å².